The lowest BCUT2D eigenvalue weighted by Crippen LogP contribution is -2.39. The Morgan fingerprint density at radius 2 is 2.03 bits per heavy atom. The van der Waals surface area contributed by atoms with Crippen molar-refractivity contribution >= 4 is 5.91 Å². The van der Waals surface area contributed by atoms with E-state index in [1.165, 1.54) is 12.1 Å². The molecule has 0 radical (unpaired) electrons. The van der Waals surface area contributed by atoms with Gasteiger partial charge in [-0.05, 0) is 29.7 Å². The van der Waals surface area contributed by atoms with Crippen molar-refractivity contribution in [2.45, 2.75) is 13.0 Å². The number of ether oxygens (including phenoxy) is 2. The van der Waals surface area contributed by atoms with Gasteiger partial charge in [0.1, 0.15) is 5.82 Å². The summed E-state index contributed by atoms with van der Waals surface area (Å²) in [5.74, 6) is 1.45. The first-order valence-electron chi connectivity index (χ1n) is 10.3. The molecule has 0 aromatic heterocycles. The zero-order chi connectivity index (χ0) is 20.7. The molecule has 0 saturated carbocycles. The number of amides is 1. The molecule has 158 valence electrons. The number of halogens is 1. The molecule has 0 unspecified atom stereocenters. The molecule has 2 saturated heterocycles. The predicted molar refractivity (Wildman–Crippen MR) is 108 cm³/mol. The molecule has 3 aliphatic heterocycles. The summed E-state index contributed by atoms with van der Waals surface area (Å²) in [6, 6.07) is 12.1. The number of aliphatic hydroxyl groups is 1. The van der Waals surface area contributed by atoms with E-state index in [2.05, 4.69) is 4.90 Å². The first kappa shape index (κ1) is 19.3. The van der Waals surface area contributed by atoms with Gasteiger partial charge in [-0.25, -0.2) is 4.39 Å². The van der Waals surface area contributed by atoms with Gasteiger partial charge in [-0.2, -0.15) is 0 Å². The van der Waals surface area contributed by atoms with Crippen molar-refractivity contribution in [3.05, 3.63) is 59.4 Å². The maximum atomic E-state index is 13.4. The number of likely N-dealkylation sites (tertiary alicyclic amines) is 2. The Balaban J connectivity index is 1.25. The molecule has 0 aliphatic carbocycles. The lowest BCUT2D eigenvalue weighted by Gasteiger charge is -2.27. The monoisotopic (exact) mass is 412 g/mol. The molecule has 3 aliphatic rings. The minimum Gasteiger partial charge on any atom is -0.454 e. The lowest BCUT2D eigenvalue weighted by atomic mass is 9.82. The average molecular weight is 412 g/mol. The van der Waals surface area contributed by atoms with Crippen molar-refractivity contribution in [2.75, 3.05) is 39.6 Å². The summed E-state index contributed by atoms with van der Waals surface area (Å²) < 4.78 is 24.5. The number of carbonyl (C=O) groups excluding carboxylic acids is 1. The highest BCUT2D eigenvalue weighted by Crippen LogP contribution is 2.44. The van der Waals surface area contributed by atoms with Crippen LogP contribution in [0.25, 0.3) is 0 Å². The zero-order valence-corrected chi connectivity index (χ0v) is 16.7. The number of nitrogens with zero attached hydrogens (tertiary/aromatic N) is 2. The molecule has 5 rings (SSSR count). The fraction of sp³-hybridized carbons (Fsp3) is 0.435. The van der Waals surface area contributed by atoms with E-state index in [9.17, 15) is 14.3 Å². The number of benzene rings is 2. The van der Waals surface area contributed by atoms with Crippen LogP contribution in [0.2, 0.25) is 0 Å². The summed E-state index contributed by atoms with van der Waals surface area (Å²) in [6.07, 6.45) is 0.184. The zero-order valence-electron chi connectivity index (χ0n) is 16.7. The summed E-state index contributed by atoms with van der Waals surface area (Å²) in [5.41, 5.74) is 1.45. The van der Waals surface area contributed by atoms with Gasteiger partial charge in [-0.3, -0.25) is 9.69 Å². The van der Waals surface area contributed by atoms with Gasteiger partial charge in [-0.15, -0.1) is 0 Å². The van der Waals surface area contributed by atoms with E-state index < -0.39 is 0 Å². The Kier molecular flexibility index (Phi) is 4.87. The second-order valence-electron chi connectivity index (χ2n) is 8.62. The van der Waals surface area contributed by atoms with Gasteiger partial charge in [0.2, 0.25) is 12.7 Å². The highest BCUT2D eigenvalue weighted by atomic mass is 19.1. The number of fused-ring (bicyclic) bond motifs is 2. The topological polar surface area (TPSA) is 62.2 Å². The van der Waals surface area contributed by atoms with Crippen molar-refractivity contribution < 1.29 is 23.8 Å². The third-order valence-corrected chi connectivity index (χ3v) is 6.61. The van der Waals surface area contributed by atoms with Crippen molar-refractivity contribution in [1.29, 1.82) is 0 Å². The molecule has 30 heavy (non-hydrogen) atoms. The molecule has 2 aromatic carbocycles. The van der Waals surface area contributed by atoms with Crippen LogP contribution < -0.4 is 9.47 Å². The Labute approximate surface area is 174 Å². The Hall–Kier alpha value is -2.64. The summed E-state index contributed by atoms with van der Waals surface area (Å²) in [7, 11) is 0. The van der Waals surface area contributed by atoms with E-state index in [0.717, 1.165) is 36.7 Å². The van der Waals surface area contributed by atoms with E-state index in [1.807, 2.05) is 23.1 Å². The fourth-order valence-electron chi connectivity index (χ4n) is 5.11. The Bertz CT molecular complexity index is 968. The molecule has 7 heteroatoms. The molecule has 0 bridgehead atoms. The van der Waals surface area contributed by atoms with Crippen LogP contribution in [0.1, 0.15) is 11.1 Å². The highest BCUT2D eigenvalue weighted by Gasteiger charge is 2.53. The van der Waals surface area contributed by atoms with E-state index in [0.29, 0.717) is 18.7 Å². The number of rotatable bonds is 5. The van der Waals surface area contributed by atoms with E-state index in [4.69, 9.17) is 9.47 Å². The molecule has 1 N–H and O–H groups in total. The van der Waals surface area contributed by atoms with Crippen LogP contribution in [0.5, 0.6) is 11.5 Å². The van der Waals surface area contributed by atoms with Crippen LogP contribution in [0.4, 0.5) is 4.39 Å². The minimum absolute atomic E-state index is 0.0131. The average Bonchev–Trinajstić information content (AvgIpc) is 3.41. The maximum absolute atomic E-state index is 13.4. The highest BCUT2D eigenvalue weighted by molar-refractivity contribution is 5.79. The second-order valence-corrected chi connectivity index (χ2v) is 8.62. The smallest absolute Gasteiger partial charge is 0.231 e. The van der Waals surface area contributed by atoms with Gasteiger partial charge in [-0.1, -0.05) is 24.3 Å². The third kappa shape index (κ3) is 3.42. The minimum atomic E-state index is -0.331. The molecule has 1 amide bonds. The first-order valence-corrected chi connectivity index (χ1v) is 10.3. The van der Waals surface area contributed by atoms with Crippen molar-refractivity contribution in [2.24, 2.45) is 11.3 Å². The third-order valence-electron chi connectivity index (χ3n) is 6.61. The molecule has 2 atom stereocenters. The van der Waals surface area contributed by atoms with Gasteiger partial charge >= 0.3 is 0 Å². The van der Waals surface area contributed by atoms with Crippen LogP contribution in [-0.2, 0) is 17.8 Å². The number of aliphatic hydroxyl groups excluding tert-OH is 1. The normalized spacial score (nSPS) is 25.0. The Morgan fingerprint density at radius 1 is 1.17 bits per heavy atom. The number of carbonyl (C=O) groups is 1. The maximum Gasteiger partial charge on any atom is 0.231 e. The van der Waals surface area contributed by atoms with Gasteiger partial charge in [0.15, 0.2) is 11.5 Å². The van der Waals surface area contributed by atoms with Crippen LogP contribution in [0.3, 0.4) is 0 Å². The second kappa shape index (κ2) is 7.56. The van der Waals surface area contributed by atoms with Crippen molar-refractivity contribution in [1.82, 2.24) is 9.80 Å². The van der Waals surface area contributed by atoms with E-state index in [1.54, 1.807) is 12.1 Å². The number of hydrogen-bond donors (Lipinski definition) is 1. The number of hydrogen-bond acceptors (Lipinski definition) is 5. The standard InChI is InChI=1S/C23H25FN2O4/c24-19-5-1-3-16(7-19)8-21(28)26-11-18-10-25(12-23(18,13-26)14-27)9-17-4-2-6-20-22(17)30-15-29-20/h1-7,18,27H,8-15H2/t18-,23+/m0/s1. The van der Waals surface area contributed by atoms with Crippen LogP contribution in [-0.4, -0.2) is 60.4 Å². The largest absolute Gasteiger partial charge is 0.454 e. The first-order chi connectivity index (χ1) is 14.6. The fourth-order valence-corrected chi connectivity index (χ4v) is 5.11. The predicted octanol–water partition coefficient (Wildman–Crippen LogP) is 2.05. The van der Waals surface area contributed by atoms with E-state index >= 15 is 0 Å². The Morgan fingerprint density at radius 3 is 2.83 bits per heavy atom. The van der Waals surface area contributed by atoms with Crippen molar-refractivity contribution in [3.63, 3.8) is 0 Å². The summed E-state index contributed by atoms with van der Waals surface area (Å²) >= 11 is 0. The summed E-state index contributed by atoms with van der Waals surface area (Å²) in [4.78, 5) is 17.0. The van der Waals surface area contributed by atoms with Crippen molar-refractivity contribution in [3.8, 4) is 11.5 Å². The van der Waals surface area contributed by atoms with Crippen LogP contribution >= 0.6 is 0 Å². The molecule has 3 heterocycles. The lowest BCUT2D eigenvalue weighted by molar-refractivity contribution is -0.130. The molecular weight excluding hydrogens is 387 g/mol. The molecule has 2 aromatic rings. The molecule has 2 fully saturated rings. The van der Waals surface area contributed by atoms with Crippen LogP contribution in [0.15, 0.2) is 42.5 Å². The van der Waals surface area contributed by atoms with Crippen LogP contribution in [0, 0.1) is 17.2 Å². The van der Waals surface area contributed by atoms with E-state index in [-0.39, 0.29) is 42.9 Å². The van der Waals surface area contributed by atoms with Gasteiger partial charge in [0.25, 0.3) is 0 Å². The molecule has 0 spiro atoms. The van der Waals surface area contributed by atoms with Gasteiger partial charge in [0.05, 0.1) is 13.0 Å². The quantitative estimate of drug-likeness (QED) is 0.815. The number of para-hydroxylation sites is 1. The molecule has 6 nitrogen and oxygen atoms in total. The van der Waals surface area contributed by atoms with Gasteiger partial charge in [0, 0.05) is 43.7 Å². The summed E-state index contributed by atoms with van der Waals surface area (Å²) in [6.45, 7) is 3.71. The molecular formula is C23H25FN2O4. The summed E-state index contributed by atoms with van der Waals surface area (Å²) in [5, 5.41) is 10.2. The SMILES string of the molecule is O=C(Cc1cccc(F)c1)N1C[C@@H]2CN(Cc3cccc4c3OCO4)C[C@]2(CO)C1. The van der Waals surface area contributed by atoms with Gasteiger partial charge < -0.3 is 19.5 Å².